The van der Waals surface area contributed by atoms with Crippen LogP contribution in [0.25, 0.3) is 0 Å². The maximum Gasteiger partial charge on any atom is 0.0801 e. The van der Waals surface area contributed by atoms with Crippen molar-refractivity contribution < 1.29 is 5.11 Å². The van der Waals surface area contributed by atoms with Gasteiger partial charge in [-0.15, -0.1) is 0 Å². The lowest BCUT2D eigenvalue weighted by Gasteiger charge is -2.23. The van der Waals surface area contributed by atoms with Gasteiger partial charge in [0.15, 0.2) is 0 Å². The van der Waals surface area contributed by atoms with Gasteiger partial charge in [0.25, 0.3) is 0 Å². The van der Waals surface area contributed by atoms with E-state index in [2.05, 4.69) is 31.9 Å². The Labute approximate surface area is 126 Å². The van der Waals surface area contributed by atoms with Gasteiger partial charge >= 0.3 is 0 Å². The van der Waals surface area contributed by atoms with Gasteiger partial charge in [-0.05, 0) is 36.5 Å². The van der Waals surface area contributed by atoms with E-state index >= 15 is 0 Å². The standard InChI is InChI=1S/C15H20Br2O/c16-12-7-8-13(14(17)10-12)15(18)9-6-11-4-2-1-3-5-11/h7-8,10-11,15,18H,1-6,9H2. The van der Waals surface area contributed by atoms with Crippen molar-refractivity contribution in [2.45, 2.75) is 51.0 Å². The van der Waals surface area contributed by atoms with Gasteiger partial charge in [0.2, 0.25) is 0 Å². The van der Waals surface area contributed by atoms with Gasteiger partial charge in [0.05, 0.1) is 6.10 Å². The van der Waals surface area contributed by atoms with Crippen LogP contribution < -0.4 is 0 Å². The normalized spacial score (nSPS) is 18.8. The SMILES string of the molecule is OC(CCC1CCCCC1)c1ccc(Br)cc1Br. The van der Waals surface area contributed by atoms with Crippen LogP contribution in [0.3, 0.4) is 0 Å². The highest BCUT2D eigenvalue weighted by atomic mass is 79.9. The van der Waals surface area contributed by atoms with Crippen molar-refractivity contribution in [1.82, 2.24) is 0 Å². The molecule has 0 saturated heterocycles. The molecule has 0 amide bonds. The lowest BCUT2D eigenvalue weighted by molar-refractivity contribution is 0.150. The Hall–Kier alpha value is 0.140. The van der Waals surface area contributed by atoms with Crippen LogP contribution >= 0.6 is 31.9 Å². The fourth-order valence-electron chi connectivity index (χ4n) is 2.80. The smallest absolute Gasteiger partial charge is 0.0801 e. The van der Waals surface area contributed by atoms with E-state index < -0.39 is 0 Å². The Morgan fingerprint density at radius 1 is 1.17 bits per heavy atom. The highest BCUT2D eigenvalue weighted by Crippen LogP contribution is 2.33. The third-order valence-corrected chi connectivity index (χ3v) is 5.07. The van der Waals surface area contributed by atoms with Gasteiger partial charge in [0, 0.05) is 8.95 Å². The number of rotatable bonds is 4. The van der Waals surface area contributed by atoms with Crippen molar-refractivity contribution >= 4 is 31.9 Å². The number of aliphatic hydroxyl groups excluding tert-OH is 1. The van der Waals surface area contributed by atoms with Crippen molar-refractivity contribution in [3.8, 4) is 0 Å². The molecule has 100 valence electrons. The summed E-state index contributed by atoms with van der Waals surface area (Å²) < 4.78 is 2.03. The van der Waals surface area contributed by atoms with Crippen molar-refractivity contribution in [3.63, 3.8) is 0 Å². The molecule has 3 heteroatoms. The summed E-state index contributed by atoms with van der Waals surface area (Å²) in [4.78, 5) is 0. The predicted octanol–water partition coefficient (Wildman–Crippen LogP) is 5.61. The van der Waals surface area contributed by atoms with Crippen LogP contribution in [0.1, 0.15) is 56.6 Å². The molecule has 0 bridgehead atoms. The van der Waals surface area contributed by atoms with Crippen molar-refractivity contribution in [1.29, 1.82) is 0 Å². The minimum Gasteiger partial charge on any atom is -0.388 e. The van der Waals surface area contributed by atoms with Crippen molar-refractivity contribution in [2.24, 2.45) is 5.92 Å². The first-order chi connectivity index (χ1) is 8.66. The van der Waals surface area contributed by atoms with E-state index in [9.17, 15) is 5.11 Å². The Morgan fingerprint density at radius 3 is 2.56 bits per heavy atom. The molecule has 1 aliphatic carbocycles. The van der Waals surface area contributed by atoms with Crippen LogP contribution in [0, 0.1) is 5.92 Å². The average Bonchev–Trinajstić information content (AvgIpc) is 2.37. The van der Waals surface area contributed by atoms with Crippen molar-refractivity contribution in [3.05, 3.63) is 32.7 Å². The quantitative estimate of drug-likeness (QED) is 0.725. The summed E-state index contributed by atoms with van der Waals surface area (Å²) in [7, 11) is 0. The molecule has 18 heavy (non-hydrogen) atoms. The lowest BCUT2D eigenvalue weighted by Crippen LogP contribution is -2.08. The fraction of sp³-hybridized carbons (Fsp3) is 0.600. The third-order valence-electron chi connectivity index (χ3n) is 3.89. The summed E-state index contributed by atoms with van der Waals surface area (Å²) in [5, 5.41) is 10.3. The summed E-state index contributed by atoms with van der Waals surface area (Å²) in [6.07, 6.45) is 8.56. The first-order valence-electron chi connectivity index (χ1n) is 6.80. The number of hydrogen-bond acceptors (Lipinski definition) is 1. The van der Waals surface area contributed by atoms with E-state index in [1.54, 1.807) is 0 Å². The Balaban J connectivity index is 1.88. The maximum absolute atomic E-state index is 10.3. The molecule has 0 heterocycles. The highest BCUT2D eigenvalue weighted by Gasteiger charge is 2.17. The molecule has 1 saturated carbocycles. The second kappa shape index (κ2) is 7.06. The van der Waals surface area contributed by atoms with E-state index in [0.717, 1.165) is 33.3 Å². The Bertz CT molecular complexity index is 386. The van der Waals surface area contributed by atoms with Crippen LogP contribution in [0.5, 0.6) is 0 Å². The molecule has 1 N–H and O–H groups in total. The van der Waals surface area contributed by atoms with E-state index in [-0.39, 0.29) is 6.10 Å². The monoisotopic (exact) mass is 374 g/mol. The topological polar surface area (TPSA) is 20.2 Å². The van der Waals surface area contributed by atoms with E-state index in [1.165, 1.54) is 32.1 Å². The zero-order valence-electron chi connectivity index (χ0n) is 10.5. The lowest BCUT2D eigenvalue weighted by atomic mass is 9.85. The Kier molecular flexibility index (Phi) is 5.71. The Morgan fingerprint density at radius 2 is 1.89 bits per heavy atom. The zero-order chi connectivity index (χ0) is 13.0. The molecule has 1 atom stereocenters. The molecule has 0 spiro atoms. The molecule has 1 aromatic rings. The average molecular weight is 376 g/mol. The van der Waals surface area contributed by atoms with Crippen molar-refractivity contribution in [2.75, 3.05) is 0 Å². The molecule has 0 aromatic heterocycles. The largest absolute Gasteiger partial charge is 0.388 e. The predicted molar refractivity (Wildman–Crippen MR) is 82.6 cm³/mol. The number of aliphatic hydroxyl groups is 1. The van der Waals surface area contributed by atoms with Gasteiger partial charge in [-0.3, -0.25) is 0 Å². The molecule has 1 fully saturated rings. The van der Waals surface area contributed by atoms with Gasteiger partial charge in [-0.25, -0.2) is 0 Å². The number of hydrogen-bond donors (Lipinski definition) is 1. The van der Waals surface area contributed by atoms with Gasteiger partial charge in [0.1, 0.15) is 0 Å². The summed E-state index contributed by atoms with van der Waals surface area (Å²) in [6.45, 7) is 0. The summed E-state index contributed by atoms with van der Waals surface area (Å²) in [5.74, 6) is 0.836. The molecule has 1 aliphatic rings. The van der Waals surface area contributed by atoms with E-state index in [4.69, 9.17) is 0 Å². The van der Waals surface area contributed by atoms with Gasteiger partial charge in [-0.2, -0.15) is 0 Å². The fourth-order valence-corrected chi connectivity index (χ4v) is 4.11. The number of halogens is 2. The molecule has 1 aromatic carbocycles. The first kappa shape index (κ1) is 14.5. The molecule has 1 nitrogen and oxygen atoms in total. The molecule has 0 aliphatic heterocycles. The van der Waals surface area contributed by atoms with Crippen LogP contribution in [0.4, 0.5) is 0 Å². The van der Waals surface area contributed by atoms with E-state index in [0.29, 0.717) is 0 Å². The number of benzene rings is 1. The van der Waals surface area contributed by atoms with Gasteiger partial charge in [-0.1, -0.05) is 70.0 Å². The molecule has 2 rings (SSSR count). The van der Waals surface area contributed by atoms with Gasteiger partial charge < -0.3 is 5.11 Å². The first-order valence-corrected chi connectivity index (χ1v) is 8.38. The van der Waals surface area contributed by atoms with Crippen LogP contribution in [0.15, 0.2) is 27.1 Å². The summed E-state index contributed by atoms with van der Waals surface area (Å²) in [5.41, 5.74) is 1.01. The van der Waals surface area contributed by atoms with Crippen LogP contribution in [-0.2, 0) is 0 Å². The maximum atomic E-state index is 10.3. The van der Waals surface area contributed by atoms with Crippen LogP contribution in [0.2, 0.25) is 0 Å². The second-order valence-corrected chi connectivity index (χ2v) is 7.03. The second-order valence-electron chi connectivity index (χ2n) is 5.26. The molecule has 1 unspecified atom stereocenters. The summed E-state index contributed by atoms with van der Waals surface area (Å²) >= 11 is 6.96. The zero-order valence-corrected chi connectivity index (χ0v) is 13.7. The molecular formula is C15H20Br2O. The molecule has 0 radical (unpaired) electrons. The van der Waals surface area contributed by atoms with Crippen LogP contribution in [-0.4, -0.2) is 5.11 Å². The third kappa shape index (κ3) is 4.07. The minimum absolute atomic E-state index is 0.339. The minimum atomic E-state index is -0.339. The van der Waals surface area contributed by atoms with E-state index in [1.807, 2.05) is 18.2 Å². The summed E-state index contributed by atoms with van der Waals surface area (Å²) in [6, 6.07) is 5.99. The highest BCUT2D eigenvalue weighted by molar-refractivity contribution is 9.11. The molecular weight excluding hydrogens is 356 g/mol.